The molecule has 126 heavy (non-hydrogen) atoms. The van der Waals surface area contributed by atoms with Crippen LogP contribution in [0.15, 0.2) is 218 Å². The highest BCUT2D eigenvalue weighted by atomic mass is 16.6. The maximum absolute atomic E-state index is 12.5. The summed E-state index contributed by atoms with van der Waals surface area (Å²) in [5.41, 5.74) is -3.01. The molecule has 0 saturated heterocycles. The fourth-order valence-electron chi connectivity index (χ4n) is 10.9. The Morgan fingerprint density at radius 2 is 0.492 bits per heavy atom. The summed E-state index contributed by atoms with van der Waals surface area (Å²) in [7, 11) is 0. The highest BCUT2D eigenvalue weighted by Crippen LogP contribution is 2.44. The molecule has 17 N–H and O–H groups in total. The molecule has 12 rings (SSSR count). The molecule has 0 aliphatic heterocycles. The van der Waals surface area contributed by atoms with Crippen LogP contribution in [-0.2, 0) is 33.6 Å². The fourth-order valence-corrected chi connectivity index (χ4v) is 10.9. The van der Waals surface area contributed by atoms with Crippen molar-refractivity contribution in [1.82, 2.24) is 0 Å². The highest BCUT2D eigenvalue weighted by Gasteiger charge is 2.31. The number of carbonyl (C=O) groups excluding carboxylic acids is 13. The van der Waals surface area contributed by atoms with Crippen LogP contribution in [0.1, 0.15) is 116 Å². The minimum Gasteiger partial charge on any atom is -0.508 e. The molecule has 0 aliphatic carbocycles. The smallest absolute Gasteiger partial charge is 0.339 e. The number of benzene rings is 12. The van der Waals surface area contributed by atoms with Crippen LogP contribution >= 0.6 is 0 Å². The standard InChI is InChI=1S/3C15H10O7.3C14H10O6/c16-7-22-12-6-8(17)5-10(15(20)21)13(12)14(19)9-3-1-2-4-11(9)18;16-7-22-13-6-12(18)9(15(20)21)5-10(13)14(19)8-3-1-2-4-11(8)17;16-7-21-14-10(5-6-12(19)15(14)22-8-17)13(20)9-3-1-2-4-11(9)18;15-7-20-12-6-8(16)5-11(18)13(12)14(19)9-3-1-2-4-10(9)17;15-7-20-13-6-12(18)11(17)5-9(13)14(19)8-3-1-2-4-10(8)16;15-7-20-14-9(5-6-11(17)13(14)19)12(18)8-3-1-2-4-10(8)16/h2*1-7,17-18H,(H,20,21);1-8,18-19H;2*1-7,16-18H;1-7,16-17,19H. The monoisotopic (exact) mass is 1730 g/mol. The molecule has 12 aromatic carbocycles. The van der Waals surface area contributed by atoms with Crippen molar-refractivity contribution in [3.05, 3.63) is 296 Å². The van der Waals surface area contributed by atoms with E-state index in [4.69, 9.17) is 5.11 Å². The Labute approximate surface area is 703 Å². The lowest BCUT2D eigenvalue weighted by molar-refractivity contribution is -0.123. The predicted octanol–water partition coefficient (Wildman–Crippen LogP) is 9.23. The van der Waals surface area contributed by atoms with E-state index < -0.39 is 132 Å². The number of carboxylic acid groups (broad SMARTS) is 2. The first-order valence-corrected chi connectivity index (χ1v) is 34.6. The molecule has 0 amide bonds. The Bertz CT molecular complexity index is 6170. The predicted molar refractivity (Wildman–Crippen MR) is 424 cm³/mol. The van der Waals surface area contributed by atoms with E-state index in [9.17, 15) is 154 Å². The highest BCUT2D eigenvalue weighted by molar-refractivity contribution is 6.19. The van der Waals surface area contributed by atoms with Gasteiger partial charge in [0.25, 0.3) is 45.3 Å². The number of rotatable bonds is 28. The molecule has 0 unspecified atom stereocenters. The van der Waals surface area contributed by atoms with E-state index in [2.05, 4.69) is 33.2 Å². The normalized spacial score (nSPS) is 9.97. The molecule has 0 heterocycles. The molecule has 0 aromatic heterocycles. The minimum absolute atomic E-state index is 0.00202. The molecular weight excluding hydrogens is 1670 g/mol. The maximum atomic E-state index is 12.5. The second kappa shape index (κ2) is 43.9. The van der Waals surface area contributed by atoms with Gasteiger partial charge < -0.3 is 120 Å². The van der Waals surface area contributed by atoms with Gasteiger partial charge >= 0.3 is 11.9 Å². The molecule has 0 spiro atoms. The number of hydrogen-bond donors (Lipinski definition) is 17. The molecule has 0 aliphatic rings. The average Bonchev–Trinajstić information content (AvgIpc) is 0.794. The Morgan fingerprint density at radius 1 is 0.198 bits per heavy atom. The van der Waals surface area contributed by atoms with Gasteiger partial charge in [-0.15, -0.1) is 0 Å². The summed E-state index contributed by atoms with van der Waals surface area (Å²) >= 11 is 0. The Balaban J connectivity index is 0.000000208. The van der Waals surface area contributed by atoms with Crippen LogP contribution in [0.3, 0.4) is 0 Å². The van der Waals surface area contributed by atoms with Gasteiger partial charge in [0.15, 0.2) is 34.5 Å². The third-order valence-electron chi connectivity index (χ3n) is 16.5. The van der Waals surface area contributed by atoms with Gasteiger partial charge in [0.1, 0.15) is 91.6 Å². The number of ether oxygens (including phenoxy) is 7. The Hall–Kier alpha value is -19.1. The van der Waals surface area contributed by atoms with E-state index in [1.165, 1.54) is 133 Å². The second-order valence-electron chi connectivity index (χ2n) is 24.2. The van der Waals surface area contributed by atoms with Crippen LogP contribution in [0.4, 0.5) is 0 Å². The van der Waals surface area contributed by atoms with E-state index in [0.29, 0.717) is 0 Å². The minimum atomic E-state index is -1.49. The van der Waals surface area contributed by atoms with Crippen molar-refractivity contribution in [2.24, 2.45) is 0 Å². The molecule has 0 atom stereocenters. The zero-order valence-electron chi connectivity index (χ0n) is 63.4. The summed E-state index contributed by atoms with van der Waals surface area (Å²) in [6, 6.07) is 46.2. The van der Waals surface area contributed by atoms with Crippen LogP contribution in [-0.4, -0.2) is 179 Å². The molecule has 0 bridgehead atoms. The number of aromatic carboxylic acids is 2. The second-order valence-corrected chi connectivity index (χ2v) is 24.2. The third kappa shape index (κ3) is 23.0. The van der Waals surface area contributed by atoms with E-state index >= 15 is 0 Å². The number of carboxylic acids is 2. The molecule has 0 radical (unpaired) electrons. The van der Waals surface area contributed by atoms with Gasteiger partial charge in [-0.25, -0.2) is 9.59 Å². The van der Waals surface area contributed by atoms with E-state index in [0.717, 1.165) is 60.7 Å². The van der Waals surface area contributed by atoms with Crippen LogP contribution < -0.4 is 33.2 Å². The lowest BCUT2D eigenvalue weighted by Gasteiger charge is -2.12. The number of aromatic hydroxyl groups is 15. The first-order valence-electron chi connectivity index (χ1n) is 34.6. The van der Waals surface area contributed by atoms with Crippen molar-refractivity contribution in [2.75, 3.05) is 0 Å². The SMILES string of the molecule is O=COc1c(C(=O)c2ccccc2O)ccc(O)c1O.O=COc1c(O)ccc(C(=O)c2ccccc2O)c1OC=O.O=COc1cc(O)c(C(=O)O)cc1C(=O)c1ccccc1O.O=COc1cc(O)c(O)cc1C(=O)c1ccccc1O.O=COc1cc(O)cc(C(=O)O)c1C(=O)c1ccccc1O.O=COc1cc(O)cc(O)c1C(=O)c1ccccc1O. The molecule has 39 nitrogen and oxygen atoms in total. The summed E-state index contributed by atoms with van der Waals surface area (Å²) in [6.45, 7) is 0.257. The first-order chi connectivity index (χ1) is 60.1. The number of carbonyl (C=O) groups is 15. The van der Waals surface area contributed by atoms with Crippen molar-refractivity contribution >= 4 is 91.9 Å². The van der Waals surface area contributed by atoms with E-state index in [1.807, 2.05) is 0 Å². The molecule has 0 saturated carbocycles. The zero-order chi connectivity index (χ0) is 92.8. The largest absolute Gasteiger partial charge is 0.508 e. The van der Waals surface area contributed by atoms with Gasteiger partial charge in [-0.3, -0.25) is 62.3 Å². The summed E-state index contributed by atoms with van der Waals surface area (Å²) in [5.74, 6) is -16.5. The van der Waals surface area contributed by atoms with Crippen molar-refractivity contribution in [3.63, 3.8) is 0 Å². The molecule has 12 aromatic rings. The number of ketones is 6. The fraction of sp³-hybridized carbons (Fsp3) is 0. The Kier molecular flexibility index (Phi) is 32.8. The average molecular weight is 1730 g/mol. The lowest BCUT2D eigenvalue weighted by Crippen LogP contribution is -2.12. The number of phenolic OH excluding ortho intramolecular Hbond substituents is 14. The van der Waals surface area contributed by atoms with Crippen molar-refractivity contribution in [1.29, 1.82) is 0 Å². The van der Waals surface area contributed by atoms with Gasteiger partial charge in [0.05, 0.1) is 66.8 Å². The molecular formula is C87H60O39. The molecule has 642 valence electrons. The summed E-state index contributed by atoms with van der Waals surface area (Å²) in [4.78, 5) is 170. The summed E-state index contributed by atoms with van der Waals surface area (Å²) < 4.78 is 32.1. The van der Waals surface area contributed by atoms with Gasteiger partial charge in [-0.05, 0) is 115 Å². The summed E-state index contributed by atoms with van der Waals surface area (Å²) in [6.07, 6.45) is 0. The van der Waals surface area contributed by atoms with Crippen LogP contribution in [0, 0.1) is 0 Å². The van der Waals surface area contributed by atoms with Gasteiger partial charge in [0.2, 0.25) is 46.2 Å². The lowest BCUT2D eigenvalue weighted by atomic mass is 9.96. The van der Waals surface area contributed by atoms with Gasteiger partial charge in [-0.1, -0.05) is 72.8 Å². The Morgan fingerprint density at radius 3 is 0.873 bits per heavy atom. The summed E-state index contributed by atoms with van der Waals surface area (Å²) in [5, 5.41) is 162. The maximum Gasteiger partial charge on any atom is 0.339 e. The number of hydrogen-bond acceptors (Lipinski definition) is 37. The topological polar surface area (TPSA) is 665 Å². The van der Waals surface area contributed by atoms with E-state index in [-0.39, 0.29) is 164 Å². The number of para-hydroxylation sites is 6. The van der Waals surface area contributed by atoms with Crippen molar-refractivity contribution in [3.8, 4) is 126 Å². The quantitative estimate of drug-likeness (QED) is 0.0123. The van der Waals surface area contributed by atoms with Crippen molar-refractivity contribution < 1.29 is 192 Å². The first kappa shape index (κ1) is 94.0. The van der Waals surface area contributed by atoms with Crippen LogP contribution in [0.2, 0.25) is 0 Å². The van der Waals surface area contributed by atoms with Gasteiger partial charge in [0, 0.05) is 30.3 Å². The van der Waals surface area contributed by atoms with E-state index in [1.54, 1.807) is 24.3 Å². The zero-order valence-corrected chi connectivity index (χ0v) is 63.4. The third-order valence-corrected chi connectivity index (χ3v) is 16.5. The van der Waals surface area contributed by atoms with Gasteiger partial charge in [-0.2, -0.15) is 0 Å². The van der Waals surface area contributed by atoms with Crippen LogP contribution in [0.25, 0.3) is 0 Å². The van der Waals surface area contributed by atoms with Crippen molar-refractivity contribution in [2.45, 2.75) is 0 Å². The number of phenols is 15. The molecule has 0 fully saturated rings. The van der Waals surface area contributed by atoms with Crippen LogP contribution in [0.5, 0.6) is 126 Å². The molecule has 39 heteroatoms.